The van der Waals surface area contributed by atoms with Crippen LogP contribution in [0.4, 0.5) is 0 Å². The highest BCUT2D eigenvalue weighted by molar-refractivity contribution is 4.91. The zero-order valence-corrected chi connectivity index (χ0v) is 5.49. The first-order valence-corrected chi connectivity index (χ1v) is 3.24. The molecule has 1 saturated carbocycles. The quantitative estimate of drug-likeness (QED) is 0.398. The summed E-state index contributed by atoms with van der Waals surface area (Å²) in [6.45, 7) is 1.89. The molecular weight excluding hydrogens is 118 g/mol. The highest BCUT2D eigenvalue weighted by atomic mass is 16.3. The van der Waals surface area contributed by atoms with E-state index in [9.17, 15) is 0 Å². The molecule has 4 N–H and O–H groups in total. The Hall–Kier alpha value is -0.120. The minimum absolute atomic E-state index is 0.148. The average molecular weight is 131 g/mol. The standard InChI is InChI=1S/C6H13NO2/c1-3-2-4(7)6(9)5(3)8/h3-6,8-9H,2,7H2,1H3. The van der Waals surface area contributed by atoms with Gasteiger partial charge in [-0.15, -0.1) is 0 Å². The third-order valence-electron chi connectivity index (χ3n) is 2.02. The molecule has 1 aliphatic rings. The summed E-state index contributed by atoms with van der Waals surface area (Å²) < 4.78 is 0. The molecule has 54 valence electrons. The Kier molecular flexibility index (Phi) is 1.75. The van der Waals surface area contributed by atoms with Gasteiger partial charge in [0.15, 0.2) is 0 Å². The average Bonchev–Trinajstić information content (AvgIpc) is 1.98. The smallest absolute Gasteiger partial charge is 0.0952 e. The van der Waals surface area contributed by atoms with E-state index < -0.39 is 12.2 Å². The second-order valence-electron chi connectivity index (χ2n) is 2.86. The molecule has 0 spiro atoms. The van der Waals surface area contributed by atoms with Gasteiger partial charge in [0.05, 0.1) is 12.2 Å². The summed E-state index contributed by atoms with van der Waals surface area (Å²) in [6, 6.07) is -0.227. The molecule has 1 fully saturated rings. The van der Waals surface area contributed by atoms with Crippen molar-refractivity contribution in [3.05, 3.63) is 0 Å². The highest BCUT2D eigenvalue weighted by Crippen LogP contribution is 2.24. The van der Waals surface area contributed by atoms with Crippen molar-refractivity contribution in [2.75, 3.05) is 0 Å². The van der Waals surface area contributed by atoms with Gasteiger partial charge in [-0.25, -0.2) is 0 Å². The normalized spacial score (nSPS) is 52.0. The lowest BCUT2D eigenvalue weighted by molar-refractivity contribution is 0.0190. The Morgan fingerprint density at radius 1 is 1.33 bits per heavy atom. The first-order valence-electron chi connectivity index (χ1n) is 3.24. The lowest BCUT2D eigenvalue weighted by Gasteiger charge is -2.11. The van der Waals surface area contributed by atoms with Gasteiger partial charge in [-0.05, 0) is 12.3 Å². The summed E-state index contributed by atoms with van der Waals surface area (Å²) in [6.07, 6.45) is -0.595. The fourth-order valence-electron chi connectivity index (χ4n) is 1.30. The topological polar surface area (TPSA) is 66.5 Å². The fraction of sp³-hybridized carbons (Fsp3) is 1.00. The molecule has 0 aliphatic heterocycles. The van der Waals surface area contributed by atoms with Crippen molar-refractivity contribution in [1.82, 2.24) is 0 Å². The molecule has 0 amide bonds. The minimum Gasteiger partial charge on any atom is -0.390 e. The van der Waals surface area contributed by atoms with Crippen molar-refractivity contribution in [3.63, 3.8) is 0 Å². The van der Waals surface area contributed by atoms with Gasteiger partial charge in [0.1, 0.15) is 0 Å². The second-order valence-corrected chi connectivity index (χ2v) is 2.86. The molecule has 9 heavy (non-hydrogen) atoms. The van der Waals surface area contributed by atoms with Crippen LogP contribution in [-0.2, 0) is 0 Å². The van der Waals surface area contributed by atoms with Gasteiger partial charge in [0, 0.05) is 6.04 Å². The second kappa shape index (κ2) is 2.25. The predicted molar refractivity (Wildman–Crippen MR) is 33.8 cm³/mol. The van der Waals surface area contributed by atoms with E-state index in [1.54, 1.807) is 0 Å². The summed E-state index contributed by atoms with van der Waals surface area (Å²) >= 11 is 0. The van der Waals surface area contributed by atoms with Gasteiger partial charge < -0.3 is 15.9 Å². The zero-order valence-electron chi connectivity index (χ0n) is 5.49. The van der Waals surface area contributed by atoms with Crippen LogP contribution >= 0.6 is 0 Å². The van der Waals surface area contributed by atoms with E-state index in [4.69, 9.17) is 15.9 Å². The van der Waals surface area contributed by atoms with Gasteiger partial charge in [-0.2, -0.15) is 0 Å². The summed E-state index contributed by atoms with van der Waals surface area (Å²) in [4.78, 5) is 0. The van der Waals surface area contributed by atoms with Crippen LogP contribution in [0.25, 0.3) is 0 Å². The Labute approximate surface area is 54.5 Å². The molecule has 1 aliphatic carbocycles. The maximum absolute atomic E-state index is 9.11. The van der Waals surface area contributed by atoms with Crippen molar-refractivity contribution in [1.29, 1.82) is 0 Å². The lowest BCUT2D eigenvalue weighted by Crippen LogP contribution is -2.35. The Morgan fingerprint density at radius 3 is 2.00 bits per heavy atom. The van der Waals surface area contributed by atoms with Gasteiger partial charge in [0.2, 0.25) is 0 Å². The first kappa shape index (κ1) is 6.99. The van der Waals surface area contributed by atoms with E-state index in [-0.39, 0.29) is 12.0 Å². The molecule has 0 saturated heterocycles. The van der Waals surface area contributed by atoms with Crippen LogP contribution in [0, 0.1) is 5.92 Å². The lowest BCUT2D eigenvalue weighted by atomic mass is 10.1. The summed E-state index contributed by atoms with van der Waals surface area (Å²) in [7, 11) is 0. The van der Waals surface area contributed by atoms with Crippen LogP contribution in [0.5, 0.6) is 0 Å². The van der Waals surface area contributed by atoms with Gasteiger partial charge in [-0.1, -0.05) is 6.92 Å². The Balaban J connectivity index is 2.54. The SMILES string of the molecule is CC1CC(N)C(O)C1O. The van der Waals surface area contributed by atoms with Crippen LogP contribution in [-0.4, -0.2) is 28.5 Å². The molecule has 0 radical (unpaired) electrons. The monoisotopic (exact) mass is 131 g/mol. The van der Waals surface area contributed by atoms with Crippen molar-refractivity contribution < 1.29 is 10.2 Å². The van der Waals surface area contributed by atoms with Crippen molar-refractivity contribution >= 4 is 0 Å². The van der Waals surface area contributed by atoms with E-state index in [2.05, 4.69) is 0 Å². The third-order valence-corrected chi connectivity index (χ3v) is 2.02. The molecule has 0 aromatic carbocycles. The van der Waals surface area contributed by atoms with Crippen LogP contribution in [0.2, 0.25) is 0 Å². The zero-order chi connectivity index (χ0) is 7.02. The number of aliphatic hydroxyl groups excluding tert-OH is 2. The highest BCUT2D eigenvalue weighted by Gasteiger charge is 2.36. The summed E-state index contributed by atoms with van der Waals surface area (Å²) in [5, 5.41) is 18.2. The van der Waals surface area contributed by atoms with Crippen molar-refractivity contribution in [2.24, 2.45) is 11.7 Å². The Morgan fingerprint density at radius 2 is 1.89 bits per heavy atom. The molecule has 4 atom stereocenters. The predicted octanol–water partition coefficient (Wildman–Crippen LogP) is -0.925. The molecule has 0 heterocycles. The van der Waals surface area contributed by atoms with Crippen molar-refractivity contribution in [3.8, 4) is 0 Å². The number of aliphatic hydroxyl groups is 2. The van der Waals surface area contributed by atoms with Gasteiger partial charge in [0.25, 0.3) is 0 Å². The minimum atomic E-state index is -0.708. The number of hydrogen-bond acceptors (Lipinski definition) is 3. The summed E-state index contributed by atoms with van der Waals surface area (Å²) in [5.41, 5.74) is 5.45. The van der Waals surface area contributed by atoms with Crippen LogP contribution in [0.15, 0.2) is 0 Å². The molecule has 3 heteroatoms. The van der Waals surface area contributed by atoms with E-state index in [0.29, 0.717) is 0 Å². The first-order chi connectivity index (χ1) is 4.13. The molecular formula is C6H13NO2. The van der Waals surface area contributed by atoms with E-state index in [1.807, 2.05) is 6.92 Å². The molecule has 1 rings (SSSR count). The summed E-state index contributed by atoms with van der Waals surface area (Å²) in [5.74, 6) is 0.148. The molecule has 3 nitrogen and oxygen atoms in total. The molecule has 4 unspecified atom stereocenters. The molecule has 0 bridgehead atoms. The largest absolute Gasteiger partial charge is 0.390 e. The van der Waals surface area contributed by atoms with Gasteiger partial charge >= 0.3 is 0 Å². The van der Waals surface area contributed by atoms with Crippen LogP contribution in [0.1, 0.15) is 13.3 Å². The van der Waals surface area contributed by atoms with E-state index >= 15 is 0 Å². The number of nitrogens with two attached hydrogens (primary N) is 1. The van der Waals surface area contributed by atoms with Crippen LogP contribution < -0.4 is 5.73 Å². The maximum atomic E-state index is 9.11. The van der Waals surface area contributed by atoms with Crippen molar-refractivity contribution in [2.45, 2.75) is 31.6 Å². The number of rotatable bonds is 0. The molecule has 0 aromatic rings. The van der Waals surface area contributed by atoms with E-state index in [0.717, 1.165) is 6.42 Å². The van der Waals surface area contributed by atoms with E-state index in [1.165, 1.54) is 0 Å². The van der Waals surface area contributed by atoms with Gasteiger partial charge in [-0.3, -0.25) is 0 Å². The van der Waals surface area contributed by atoms with Crippen LogP contribution in [0.3, 0.4) is 0 Å². The maximum Gasteiger partial charge on any atom is 0.0952 e. The molecule has 0 aromatic heterocycles. The third kappa shape index (κ3) is 1.08. The number of hydrogen-bond donors (Lipinski definition) is 3. The fourth-order valence-corrected chi connectivity index (χ4v) is 1.30. The Bertz CT molecular complexity index is 95.2.